The highest BCUT2D eigenvalue weighted by Crippen LogP contribution is 2.30. The molecule has 9 nitrogen and oxygen atoms in total. The number of nitrogens with zero attached hydrogens (tertiary/aromatic N) is 4. The van der Waals surface area contributed by atoms with E-state index in [-0.39, 0.29) is 42.7 Å². The number of carbonyl (C=O) groups is 1. The van der Waals surface area contributed by atoms with Gasteiger partial charge in [-0.1, -0.05) is 6.07 Å². The molecule has 1 amide bonds. The fraction of sp³-hybridized carbons (Fsp3) is 0.318. The summed E-state index contributed by atoms with van der Waals surface area (Å²) in [4.78, 5) is 15.0. The van der Waals surface area contributed by atoms with Crippen LogP contribution in [0.2, 0.25) is 0 Å². The van der Waals surface area contributed by atoms with E-state index in [0.717, 1.165) is 28.4 Å². The number of ether oxygens (including phenoxy) is 1. The van der Waals surface area contributed by atoms with E-state index in [1.165, 1.54) is 4.31 Å². The van der Waals surface area contributed by atoms with Gasteiger partial charge >= 0.3 is 0 Å². The second-order valence-electron chi connectivity index (χ2n) is 7.73. The molecular weight excluding hydrogens is 464 g/mol. The Morgan fingerprint density at radius 3 is 2.70 bits per heavy atom. The summed E-state index contributed by atoms with van der Waals surface area (Å²) >= 11 is 0.984. The molecule has 2 aromatic carbocycles. The lowest BCUT2D eigenvalue weighted by Crippen LogP contribution is -2.50. The van der Waals surface area contributed by atoms with E-state index >= 15 is 0 Å². The molecule has 3 heterocycles. The van der Waals surface area contributed by atoms with Crippen LogP contribution in [-0.2, 0) is 10.0 Å². The van der Waals surface area contributed by atoms with E-state index < -0.39 is 10.0 Å². The van der Waals surface area contributed by atoms with Gasteiger partial charge in [0.2, 0.25) is 10.0 Å². The number of piperazine rings is 1. The number of amides is 1. The Bertz CT molecular complexity index is 1450. The molecule has 1 aliphatic heterocycles. The van der Waals surface area contributed by atoms with Crippen LogP contribution in [0.25, 0.3) is 22.0 Å². The van der Waals surface area contributed by atoms with E-state index in [2.05, 4.69) is 8.75 Å². The van der Waals surface area contributed by atoms with E-state index in [4.69, 9.17) is 9.15 Å². The van der Waals surface area contributed by atoms with Crippen LogP contribution >= 0.6 is 11.7 Å². The quantitative estimate of drug-likeness (QED) is 0.426. The first-order chi connectivity index (χ1) is 15.9. The van der Waals surface area contributed by atoms with Crippen molar-refractivity contribution in [2.75, 3.05) is 32.8 Å². The molecule has 0 unspecified atom stereocenters. The van der Waals surface area contributed by atoms with Gasteiger partial charge in [-0.05, 0) is 44.2 Å². The van der Waals surface area contributed by atoms with E-state index in [1.54, 1.807) is 29.2 Å². The largest absolute Gasteiger partial charge is 0.494 e. The van der Waals surface area contributed by atoms with Gasteiger partial charge in [-0.25, -0.2) is 8.42 Å². The lowest BCUT2D eigenvalue weighted by Gasteiger charge is -2.33. The third-order valence-corrected chi connectivity index (χ3v) is 8.28. The van der Waals surface area contributed by atoms with Gasteiger partial charge in [0.25, 0.3) is 5.91 Å². The third-order valence-electron chi connectivity index (χ3n) is 5.81. The minimum atomic E-state index is -3.75. The second-order valence-corrected chi connectivity index (χ2v) is 10.2. The van der Waals surface area contributed by atoms with Crippen molar-refractivity contribution < 1.29 is 22.4 Å². The SMILES string of the molecule is CCOc1ccc2oc(C(=O)N3CCN(S(=O)(=O)c4cccc5nsnc45)CC3)c(C)c2c1. The molecule has 0 radical (unpaired) electrons. The molecule has 11 heteroatoms. The highest BCUT2D eigenvalue weighted by atomic mass is 32.2. The van der Waals surface area contributed by atoms with Crippen molar-refractivity contribution in [1.82, 2.24) is 18.0 Å². The Hall–Kier alpha value is -3.02. The summed E-state index contributed by atoms with van der Waals surface area (Å²) in [6.45, 7) is 5.22. The summed E-state index contributed by atoms with van der Waals surface area (Å²) in [5, 5.41) is 0.829. The highest BCUT2D eigenvalue weighted by Gasteiger charge is 2.33. The number of hydrogen-bond donors (Lipinski definition) is 0. The minimum Gasteiger partial charge on any atom is -0.494 e. The molecule has 0 bridgehead atoms. The molecule has 33 heavy (non-hydrogen) atoms. The maximum absolute atomic E-state index is 13.2. The number of benzene rings is 2. The lowest BCUT2D eigenvalue weighted by atomic mass is 10.1. The molecule has 5 rings (SSSR count). The van der Waals surface area contributed by atoms with E-state index in [9.17, 15) is 13.2 Å². The molecule has 0 atom stereocenters. The van der Waals surface area contributed by atoms with Gasteiger partial charge in [0.15, 0.2) is 5.76 Å². The maximum atomic E-state index is 13.2. The average molecular weight is 487 g/mol. The van der Waals surface area contributed by atoms with Gasteiger partial charge in [0.1, 0.15) is 27.3 Å². The molecule has 0 spiro atoms. The van der Waals surface area contributed by atoms with Gasteiger partial charge in [-0.2, -0.15) is 13.1 Å². The Morgan fingerprint density at radius 2 is 1.94 bits per heavy atom. The molecule has 1 aliphatic rings. The predicted molar refractivity (Wildman–Crippen MR) is 124 cm³/mol. The Balaban J connectivity index is 1.34. The number of rotatable bonds is 5. The van der Waals surface area contributed by atoms with Gasteiger partial charge in [-0.3, -0.25) is 4.79 Å². The van der Waals surface area contributed by atoms with Crippen LogP contribution in [0.5, 0.6) is 5.75 Å². The number of aryl methyl sites for hydroxylation is 1. The van der Waals surface area contributed by atoms with Crippen LogP contribution in [-0.4, -0.2) is 65.1 Å². The standard InChI is InChI=1S/C22H22N4O5S2/c1-3-30-15-7-8-18-16(13-15)14(2)21(31-18)22(27)25-9-11-26(12-10-25)33(28,29)19-6-4-5-17-20(19)24-32-23-17/h4-8,13H,3,9-12H2,1-2H3. The molecule has 1 fully saturated rings. The van der Waals surface area contributed by atoms with Crippen molar-refractivity contribution >= 4 is 49.7 Å². The summed E-state index contributed by atoms with van der Waals surface area (Å²) in [6.07, 6.45) is 0. The van der Waals surface area contributed by atoms with Crippen molar-refractivity contribution in [2.24, 2.45) is 0 Å². The number of carbonyl (C=O) groups excluding carboxylic acids is 1. The fourth-order valence-electron chi connectivity index (χ4n) is 4.06. The van der Waals surface area contributed by atoms with Crippen molar-refractivity contribution in [1.29, 1.82) is 0 Å². The van der Waals surface area contributed by atoms with Crippen LogP contribution in [0, 0.1) is 6.92 Å². The molecule has 172 valence electrons. The molecule has 2 aromatic heterocycles. The molecule has 1 saturated heterocycles. The number of furan rings is 1. The van der Waals surface area contributed by atoms with Gasteiger partial charge < -0.3 is 14.1 Å². The number of fused-ring (bicyclic) bond motifs is 2. The first kappa shape index (κ1) is 21.8. The zero-order valence-corrected chi connectivity index (χ0v) is 19.8. The number of hydrogen-bond acceptors (Lipinski definition) is 8. The third kappa shape index (κ3) is 3.75. The summed E-state index contributed by atoms with van der Waals surface area (Å²) in [7, 11) is -3.75. The van der Waals surface area contributed by atoms with Crippen LogP contribution in [0.15, 0.2) is 45.7 Å². The summed E-state index contributed by atoms with van der Waals surface area (Å²) in [6, 6.07) is 10.4. The van der Waals surface area contributed by atoms with Crippen molar-refractivity contribution in [2.45, 2.75) is 18.7 Å². The Morgan fingerprint density at radius 1 is 1.15 bits per heavy atom. The second kappa shape index (κ2) is 8.40. The molecule has 4 aromatic rings. The minimum absolute atomic E-state index is 0.145. The summed E-state index contributed by atoms with van der Waals surface area (Å²) < 4.78 is 47.5. The van der Waals surface area contributed by atoms with Crippen LogP contribution in [0.1, 0.15) is 23.0 Å². The fourth-order valence-corrected chi connectivity index (χ4v) is 6.24. The number of aromatic nitrogens is 2. The highest BCUT2D eigenvalue weighted by molar-refractivity contribution is 7.89. The Kier molecular flexibility index (Phi) is 5.55. The normalized spacial score (nSPS) is 15.4. The number of sulfonamides is 1. The maximum Gasteiger partial charge on any atom is 0.289 e. The van der Waals surface area contributed by atoms with Crippen LogP contribution in [0.3, 0.4) is 0 Å². The molecule has 0 N–H and O–H groups in total. The van der Waals surface area contributed by atoms with Crippen molar-refractivity contribution in [3.05, 3.63) is 47.7 Å². The average Bonchev–Trinajstić information content (AvgIpc) is 3.43. The van der Waals surface area contributed by atoms with Gasteiger partial charge in [0.05, 0.1) is 18.3 Å². The zero-order valence-electron chi connectivity index (χ0n) is 18.1. The van der Waals surface area contributed by atoms with Crippen molar-refractivity contribution in [3.63, 3.8) is 0 Å². The topological polar surface area (TPSA) is 106 Å². The van der Waals surface area contributed by atoms with Gasteiger partial charge in [0, 0.05) is 37.1 Å². The summed E-state index contributed by atoms with van der Waals surface area (Å²) in [5.74, 6) is 0.745. The first-order valence-corrected chi connectivity index (χ1v) is 12.7. The predicted octanol–water partition coefficient (Wildman–Crippen LogP) is 3.29. The first-order valence-electron chi connectivity index (χ1n) is 10.6. The van der Waals surface area contributed by atoms with E-state index in [1.807, 2.05) is 26.0 Å². The molecule has 0 aliphatic carbocycles. The van der Waals surface area contributed by atoms with Crippen LogP contribution < -0.4 is 4.74 Å². The van der Waals surface area contributed by atoms with Crippen molar-refractivity contribution in [3.8, 4) is 5.75 Å². The smallest absolute Gasteiger partial charge is 0.289 e. The van der Waals surface area contributed by atoms with Crippen LogP contribution in [0.4, 0.5) is 0 Å². The summed E-state index contributed by atoms with van der Waals surface area (Å²) in [5.41, 5.74) is 2.30. The van der Waals surface area contributed by atoms with E-state index in [0.29, 0.717) is 23.2 Å². The molecular formula is C22H22N4O5S2. The zero-order chi connectivity index (χ0) is 23.2. The lowest BCUT2D eigenvalue weighted by molar-refractivity contribution is 0.0667. The van der Waals surface area contributed by atoms with Gasteiger partial charge in [-0.15, -0.1) is 0 Å². The molecule has 0 saturated carbocycles. The Labute approximate surface area is 194 Å². The monoisotopic (exact) mass is 486 g/mol.